The molecule has 0 amide bonds. The Labute approximate surface area is 342 Å². The van der Waals surface area contributed by atoms with Crippen LogP contribution in [0.2, 0.25) is 0 Å². The topological polar surface area (TPSA) is 51.8 Å². The second kappa shape index (κ2) is 13.6. The van der Waals surface area contributed by atoms with Crippen LogP contribution in [-0.2, 0) is 6.42 Å². The molecule has 2 atom stereocenters. The lowest BCUT2D eigenvalue weighted by atomic mass is 9.77. The Balaban J connectivity index is 1.01. The Morgan fingerprint density at radius 1 is 0.508 bits per heavy atom. The predicted octanol–water partition coefficient (Wildman–Crippen LogP) is 14.1. The molecule has 9 aromatic rings. The number of aromatic nitrogens is 3. The Kier molecular flexibility index (Phi) is 7.77. The molecule has 12 rings (SSSR count). The molecule has 4 nitrogen and oxygen atoms in total. The van der Waals surface area contributed by atoms with Gasteiger partial charge in [-0.2, -0.15) is 0 Å². The van der Waals surface area contributed by atoms with E-state index in [9.17, 15) is 0 Å². The number of benzene rings is 7. The van der Waals surface area contributed by atoms with E-state index in [1.165, 1.54) is 49.7 Å². The molecule has 0 radical (unpaired) electrons. The van der Waals surface area contributed by atoms with Gasteiger partial charge in [-0.15, -0.1) is 0 Å². The zero-order chi connectivity index (χ0) is 38.9. The molecule has 0 fully saturated rings. The van der Waals surface area contributed by atoms with Gasteiger partial charge in [0.15, 0.2) is 17.5 Å². The van der Waals surface area contributed by atoms with Gasteiger partial charge >= 0.3 is 0 Å². The minimum Gasteiger partial charge on any atom is -0.456 e. The van der Waals surface area contributed by atoms with E-state index in [1.54, 1.807) is 0 Å². The van der Waals surface area contributed by atoms with E-state index in [1.807, 2.05) is 18.2 Å². The molecule has 2 unspecified atom stereocenters. The van der Waals surface area contributed by atoms with Crippen LogP contribution in [0.3, 0.4) is 0 Å². The first-order chi connectivity index (χ1) is 29.2. The number of furan rings is 1. The molecule has 4 heteroatoms. The summed E-state index contributed by atoms with van der Waals surface area (Å²) in [5, 5.41) is 4.73. The highest BCUT2D eigenvalue weighted by molar-refractivity contribution is 6.14. The van der Waals surface area contributed by atoms with Gasteiger partial charge in [-0.1, -0.05) is 152 Å². The number of fused-ring (bicyclic) bond motifs is 8. The minimum atomic E-state index is 0.293. The average molecular weight is 756 g/mol. The van der Waals surface area contributed by atoms with E-state index in [4.69, 9.17) is 19.4 Å². The highest BCUT2D eigenvalue weighted by atomic mass is 16.3. The number of hydrogen-bond donors (Lipinski definition) is 0. The van der Waals surface area contributed by atoms with Crippen LogP contribution >= 0.6 is 0 Å². The van der Waals surface area contributed by atoms with Crippen molar-refractivity contribution >= 4 is 44.9 Å². The summed E-state index contributed by atoms with van der Waals surface area (Å²) in [6.45, 7) is 0. The fraction of sp³-hybridized carbons (Fsp3) is 0.0727. The molecule has 0 aliphatic heterocycles. The maximum Gasteiger partial charge on any atom is 0.164 e. The molecule has 0 N–H and O–H groups in total. The fourth-order valence-electron chi connectivity index (χ4n) is 9.43. The third-order valence-electron chi connectivity index (χ3n) is 12.4. The third-order valence-corrected chi connectivity index (χ3v) is 12.4. The highest BCUT2D eigenvalue weighted by Crippen LogP contribution is 2.44. The van der Waals surface area contributed by atoms with Crippen molar-refractivity contribution in [2.24, 2.45) is 5.92 Å². The molecular weight excluding hydrogens is 719 g/mol. The van der Waals surface area contributed by atoms with Gasteiger partial charge in [0.1, 0.15) is 11.2 Å². The van der Waals surface area contributed by atoms with Crippen LogP contribution in [0, 0.1) is 5.92 Å². The number of nitrogens with zero attached hydrogens (tertiary/aromatic N) is 3. The van der Waals surface area contributed by atoms with E-state index in [2.05, 4.69) is 170 Å². The van der Waals surface area contributed by atoms with Gasteiger partial charge in [0, 0.05) is 39.3 Å². The lowest BCUT2D eigenvalue weighted by Crippen LogP contribution is -2.13. The van der Waals surface area contributed by atoms with Crippen LogP contribution in [0.1, 0.15) is 34.6 Å². The van der Waals surface area contributed by atoms with E-state index in [-0.39, 0.29) is 0 Å². The normalized spacial score (nSPS) is 16.4. The lowest BCUT2D eigenvalue weighted by Gasteiger charge is -2.27. The Bertz CT molecular complexity index is 3290. The summed E-state index contributed by atoms with van der Waals surface area (Å²) in [5.74, 6) is 2.65. The van der Waals surface area contributed by atoms with Crippen molar-refractivity contribution in [1.82, 2.24) is 15.0 Å². The Morgan fingerprint density at radius 3 is 2.22 bits per heavy atom. The molecule has 3 aliphatic rings. The van der Waals surface area contributed by atoms with Crippen LogP contribution in [0.5, 0.6) is 0 Å². The largest absolute Gasteiger partial charge is 0.456 e. The van der Waals surface area contributed by atoms with Crippen LogP contribution < -0.4 is 0 Å². The molecule has 7 aromatic carbocycles. The quantitative estimate of drug-likeness (QED) is 0.176. The molecule has 59 heavy (non-hydrogen) atoms. The van der Waals surface area contributed by atoms with Gasteiger partial charge in [0.2, 0.25) is 0 Å². The summed E-state index contributed by atoms with van der Waals surface area (Å²) >= 11 is 0. The maximum atomic E-state index is 6.54. The maximum absolute atomic E-state index is 6.54. The van der Waals surface area contributed by atoms with Gasteiger partial charge in [-0.25, -0.2) is 15.0 Å². The lowest BCUT2D eigenvalue weighted by molar-refractivity contribution is 0.669. The molecule has 0 spiro atoms. The predicted molar refractivity (Wildman–Crippen MR) is 243 cm³/mol. The molecule has 2 heterocycles. The zero-order valence-corrected chi connectivity index (χ0v) is 32.2. The Hall–Kier alpha value is -7.43. The monoisotopic (exact) mass is 755 g/mol. The number of rotatable bonds is 5. The molecular formula is C55H37N3O. The second-order valence-electron chi connectivity index (χ2n) is 15.8. The standard InChI is InChI=1S/C55H37N3O/c1-2-13-37(14-3-1)53-56-54(41-26-24-36-23-22-35-12-6-7-16-42(35)48(36)33-41)58-55(57-53)47-29-28-45(43-17-8-9-18-44(43)47)46-19-10-20-51-52(46)49-32-40(27-30-50(49)59-51)39-25-21-34-11-4-5-15-38(34)31-39/h1-7,9-16,18-33,35,42H,8,17H2. The van der Waals surface area contributed by atoms with Gasteiger partial charge in [-0.3, -0.25) is 0 Å². The molecule has 0 saturated carbocycles. The first-order valence-electron chi connectivity index (χ1n) is 20.5. The summed E-state index contributed by atoms with van der Waals surface area (Å²) in [6, 6.07) is 49.6. The summed E-state index contributed by atoms with van der Waals surface area (Å²) in [7, 11) is 0. The minimum absolute atomic E-state index is 0.293. The van der Waals surface area contributed by atoms with Gasteiger partial charge in [0.05, 0.1) is 0 Å². The summed E-state index contributed by atoms with van der Waals surface area (Å²) in [6.07, 6.45) is 19.9. The first-order valence-corrected chi connectivity index (χ1v) is 20.5. The van der Waals surface area contributed by atoms with Crippen molar-refractivity contribution in [1.29, 1.82) is 0 Å². The molecule has 278 valence electrons. The Morgan fingerprint density at radius 2 is 1.29 bits per heavy atom. The third kappa shape index (κ3) is 5.71. The van der Waals surface area contributed by atoms with E-state index in [0.717, 1.165) is 57.0 Å². The smallest absolute Gasteiger partial charge is 0.164 e. The van der Waals surface area contributed by atoms with E-state index in [0.29, 0.717) is 29.3 Å². The fourth-order valence-corrected chi connectivity index (χ4v) is 9.43. The summed E-state index contributed by atoms with van der Waals surface area (Å²) in [5.41, 5.74) is 14.5. The molecule has 0 bridgehead atoms. The first kappa shape index (κ1) is 33.7. The van der Waals surface area contributed by atoms with Crippen molar-refractivity contribution in [3.8, 4) is 56.4 Å². The summed E-state index contributed by atoms with van der Waals surface area (Å²) < 4.78 is 6.54. The van der Waals surface area contributed by atoms with Crippen LogP contribution in [0.4, 0.5) is 0 Å². The van der Waals surface area contributed by atoms with Gasteiger partial charge < -0.3 is 4.42 Å². The van der Waals surface area contributed by atoms with Gasteiger partial charge in [-0.05, 0) is 105 Å². The van der Waals surface area contributed by atoms with Gasteiger partial charge in [0.25, 0.3) is 0 Å². The summed E-state index contributed by atoms with van der Waals surface area (Å²) in [4.78, 5) is 15.6. The number of allylic oxidation sites excluding steroid dienone is 6. The highest BCUT2D eigenvalue weighted by Gasteiger charge is 2.26. The van der Waals surface area contributed by atoms with Crippen LogP contribution in [0.15, 0.2) is 180 Å². The van der Waals surface area contributed by atoms with Crippen LogP contribution in [0.25, 0.3) is 101 Å². The average Bonchev–Trinajstić information content (AvgIpc) is 3.69. The van der Waals surface area contributed by atoms with Crippen molar-refractivity contribution in [2.75, 3.05) is 0 Å². The molecule has 0 saturated heterocycles. The van der Waals surface area contributed by atoms with Crippen molar-refractivity contribution in [3.05, 3.63) is 198 Å². The van der Waals surface area contributed by atoms with Crippen molar-refractivity contribution in [2.45, 2.75) is 18.8 Å². The molecule has 2 aromatic heterocycles. The van der Waals surface area contributed by atoms with Crippen molar-refractivity contribution in [3.63, 3.8) is 0 Å². The zero-order valence-electron chi connectivity index (χ0n) is 32.2. The molecule has 3 aliphatic carbocycles. The van der Waals surface area contributed by atoms with Crippen molar-refractivity contribution < 1.29 is 4.42 Å². The van der Waals surface area contributed by atoms with Crippen LogP contribution in [-0.4, -0.2) is 15.0 Å². The SMILES string of the molecule is C1=CC2C=Cc3ccc(-c4nc(-c5ccccc5)nc(-c5ccc(-c6cccc7oc8ccc(-c9ccc%10ccccc%10c9)cc8c67)c6c5C=CCC6)n4)cc3C2C=C1. The number of hydrogen-bond acceptors (Lipinski definition) is 4. The van der Waals surface area contributed by atoms with E-state index >= 15 is 0 Å². The second-order valence-corrected chi connectivity index (χ2v) is 15.8. The van der Waals surface area contributed by atoms with E-state index < -0.39 is 0 Å².